The number of allylic oxidation sites excluding steroid dienone is 2. The van der Waals surface area contributed by atoms with Gasteiger partial charge in [-0.05, 0) is 12.2 Å². The van der Waals surface area contributed by atoms with Crippen LogP contribution in [-0.4, -0.2) is 5.97 Å². The average molecular weight is 212 g/mol. The van der Waals surface area contributed by atoms with E-state index in [1.54, 1.807) is 0 Å². The Morgan fingerprint density at radius 1 is 1.19 bits per heavy atom. The van der Waals surface area contributed by atoms with E-state index >= 15 is 0 Å². The number of benzene rings is 1. The Kier molecular flexibility index (Phi) is 2.73. The summed E-state index contributed by atoms with van der Waals surface area (Å²) in [7, 11) is 0. The van der Waals surface area contributed by atoms with Crippen molar-refractivity contribution in [3.05, 3.63) is 72.9 Å². The molecule has 0 saturated carbocycles. The first-order valence-corrected chi connectivity index (χ1v) is 5.05. The van der Waals surface area contributed by atoms with Crippen molar-refractivity contribution in [1.29, 1.82) is 0 Å². The van der Waals surface area contributed by atoms with Crippen molar-refractivity contribution >= 4 is 5.97 Å². The zero-order chi connectivity index (χ0) is 11.4. The summed E-state index contributed by atoms with van der Waals surface area (Å²) in [5.41, 5.74) is 0.155. The molecule has 1 aromatic carbocycles. The highest BCUT2D eigenvalue weighted by Crippen LogP contribution is 2.32. The molecule has 0 atom stereocenters. The van der Waals surface area contributed by atoms with Crippen molar-refractivity contribution in [2.45, 2.75) is 5.60 Å². The highest BCUT2D eigenvalue weighted by molar-refractivity contribution is 5.82. The SMILES string of the molecule is C=CC(=O)OC1(c2ccccc2)C=CC=C1. The molecule has 0 N–H and O–H groups in total. The topological polar surface area (TPSA) is 26.3 Å². The molecule has 0 radical (unpaired) electrons. The molecular formula is C14H12O2. The van der Waals surface area contributed by atoms with Gasteiger partial charge in [0, 0.05) is 11.6 Å². The third kappa shape index (κ3) is 1.82. The lowest BCUT2D eigenvalue weighted by atomic mass is 9.95. The first-order valence-electron chi connectivity index (χ1n) is 5.05. The highest BCUT2D eigenvalue weighted by atomic mass is 16.6. The van der Waals surface area contributed by atoms with E-state index in [2.05, 4.69) is 6.58 Å². The fourth-order valence-electron chi connectivity index (χ4n) is 1.68. The van der Waals surface area contributed by atoms with Gasteiger partial charge in [-0.1, -0.05) is 49.1 Å². The number of hydrogen-bond donors (Lipinski definition) is 0. The van der Waals surface area contributed by atoms with Gasteiger partial charge < -0.3 is 4.74 Å². The molecule has 0 heterocycles. The second-order valence-electron chi connectivity index (χ2n) is 3.50. The number of hydrogen-bond acceptors (Lipinski definition) is 2. The van der Waals surface area contributed by atoms with Crippen molar-refractivity contribution < 1.29 is 9.53 Å². The third-order valence-corrected chi connectivity index (χ3v) is 2.46. The molecular weight excluding hydrogens is 200 g/mol. The Hall–Kier alpha value is -2.09. The molecule has 1 aliphatic carbocycles. The van der Waals surface area contributed by atoms with E-state index in [0.717, 1.165) is 5.56 Å². The Morgan fingerprint density at radius 2 is 1.81 bits per heavy atom. The van der Waals surface area contributed by atoms with E-state index in [9.17, 15) is 4.79 Å². The van der Waals surface area contributed by atoms with Gasteiger partial charge in [0.1, 0.15) is 0 Å². The van der Waals surface area contributed by atoms with Crippen molar-refractivity contribution in [2.24, 2.45) is 0 Å². The van der Waals surface area contributed by atoms with Gasteiger partial charge in [0.15, 0.2) is 5.60 Å². The maximum Gasteiger partial charge on any atom is 0.331 e. The third-order valence-electron chi connectivity index (χ3n) is 2.46. The lowest BCUT2D eigenvalue weighted by Crippen LogP contribution is -2.26. The second kappa shape index (κ2) is 4.19. The number of ether oxygens (including phenoxy) is 1. The quantitative estimate of drug-likeness (QED) is 0.569. The van der Waals surface area contributed by atoms with Crippen LogP contribution < -0.4 is 0 Å². The Morgan fingerprint density at radius 3 is 2.38 bits per heavy atom. The minimum Gasteiger partial charge on any atom is -0.442 e. The first kappa shape index (κ1) is 10.4. The maximum absolute atomic E-state index is 11.3. The predicted octanol–water partition coefficient (Wildman–Crippen LogP) is 2.74. The van der Waals surface area contributed by atoms with Gasteiger partial charge in [0.2, 0.25) is 0 Å². The summed E-state index contributed by atoms with van der Waals surface area (Å²) in [6.45, 7) is 3.40. The van der Waals surface area contributed by atoms with Crippen molar-refractivity contribution in [2.75, 3.05) is 0 Å². The van der Waals surface area contributed by atoms with Crippen LogP contribution in [0.1, 0.15) is 5.56 Å². The maximum atomic E-state index is 11.3. The fraction of sp³-hybridized carbons (Fsp3) is 0.0714. The molecule has 1 aliphatic rings. The Labute approximate surface area is 94.6 Å². The summed E-state index contributed by atoms with van der Waals surface area (Å²) in [6.07, 6.45) is 8.60. The van der Waals surface area contributed by atoms with E-state index < -0.39 is 11.6 Å². The molecule has 0 aliphatic heterocycles. The molecule has 80 valence electrons. The van der Waals surface area contributed by atoms with Gasteiger partial charge in [0.05, 0.1) is 0 Å². The lowest BCUT2D eigenvalue weighted by Gasteiger charge is -2.25. The lowest BCUT2D eigenvalue weighted by molar-refractivity contribution is -0.146. The van der Waals surface area contributed by atoms with Crippen LogP contribution in [0.3, 0.4) is 0 Å². The van der Waals surface area contributed by atoms with E-state index in [-0.39, 0.29) is 0 Å². The number of esters is 1. The normalized spacial score (nSPS) is 16.0. The van der Waals surface area contributed by atoms with Gasteiger partial charge in [-0.25, -0.2) is 4.79 Å². The van der Waals surface area contributed by atoms with Crippen LogP contribution in [0.4, 0.5) is 0 Å². The first-order chi connectivity index (χ1) is 7.77. The summed E-state index contributed by atoms with van der Waals surface area (Å²) in [6, 6.07) is 9.61. The molecule has 0 aromatic heterocycles. The van der Waals surface area contributed by atoms with E-state index in [4.69, 9.17) is 4.74 Å². The van der Waals surface area contributed by atoms with Crippen LogP contribution in [0.2, 0.25) is 0 Å². The molecule has 2 nitrogen and oxygen atoms in total. The Balaban J connectivity index is 2.38. The predicted molar refractivity (Wildman–Crippen MR) is 62.7 cm³/mol. The van der Waals surface area contributed by atoms with Gasteiger partial charge >= 0.3 is 5.97 Å². The van der Waals surface area contributed by atoms with Crippen LogP contribution in [0.25, 0.3) is 0 Å². The summed E-state index contributed by atoms with van der Waals surface area (Å²) >= 11 is 0. The number of carbonyl (C=O) groups excluding carboxylic acids is 1. The largest absolute Gasteiger partial charge is 0.442 e. The molecule has 0 fully saturated rings. The molecule has 1 aromatic rings. The zero-order valence-corrected chi connectivity index (χ0v) is 8.80. The monoisotopic (exact) mass is 212 g/mol. The highest BCUT2D eigenvalue weighted by Gasteiger charge is 2.31. The molecule has 2 rings (SSSR count). The van der Waals surface area contributed by atoms with E-state index in [1.807, 2.05) is 54.6 Å². The summed E-state index contributed by atoms with van der Waals surface area (Å²) < 4.78 is 5.40. The van der Waals surface area contributed by atoms with E-state index in [1.165, 1.54) is 6.08 Å². The van der Waals surface area contributed by atoms with Crippen molar-refractivity contribution in [3.8, 4) is 0 Å². The van der Waals surface area contributed by atoms with Gasteiger partial charge in [-0.2, -0.15) is 0 Å². The minimum atomic E-state index is -0.771. The van der Waals surface area contributed by atoms with E-state index in [0.29, 0.717) is 0 Å². The molecule has 0 amide bonds. The standard InChI is InChI=1S/C14H12O2/c1-2-13(15)16-14(10-6-7-11-14)12-8-4-3-5-9-12/h2-11H,1H2. The number of rotatable bonds is 3. The van der Waals surface area contributed by atoms with Gasteiger partial charge in [-0.3, -0.25) is 0 Å². The smallest absolute Gasteiger partial charge is 0.331 e. The van der Waals surface area contributed by atoms with Gasteiger partial charge in [-0.15, -0.1) is 0 Å². The van der Waals surface area contributed by atoms with Crippen molar-refractivity contribution in [1.82, 2.24) is 0 Å². The molecule has 2 heteroatoms. The van der Waals surface area contributed by atoms with Gasteiger partial charge in [0.25, 0.3) is 0 Å². The number of carbonyl (C=O) groups is 1. The zero-order valence-electron chi connectivity index (χ0n) is 8.80. The molecule has 0 saturated heterocycles. The van der Waals surface area contributed by atoms with Crippen LogP contribution >= 0.6 is 0 Å². The van der Waals surface area contributed by atoms with Crippen LogP contribution in [0.15, 0.2) is 67.3 Å². The van der Waals surface area contributed by atoms with Crippen LogP contribution in [-0.2, 0) is 15.1 Å². The van der Waals surface area contributed by atoms with Crippen LogP contribution in [0, 0.1) is 0 Å². The fourth-order valence-corrected chi connectivity index (χ4v) is 1.68. The molecule has 0 spiro atoms. The summed E-state index contributed by atoms with van der Waals surface area (Å²) in [4.78, 5) is 11.3. The Bertz CT molecular complexity index is 443. The van der Waals surface area contributed by atoms with Crippen LogP contribution in [0.5, 0.6) is 0 Å². The average Bonchev–Trinajstić information content (AvgIpc) is 2.80. The summed E-state index contributed by atoms with van der Waals surface area (Å²) in [5, 5.41) is 0. The minimum absolute atomic E-state index is 0.431. The molecule has 0 bridgehead atoms. The molecule has 16 heavy (non-hydrogen) atoms. The molecule has 0 unspecified atom stereocenters. The second-order valence-corrected chi connectivity index (χ2v) is 3.50. The van der Waals surface area contributed by atoms with Crippen molar-refractivity contribution in [3.63, 3.8) is 0 Å². The summed E-state index contributed by atoms with van der Waals surface area (Å²) in [5.74, 6) is -0.431.